The fraction of sp³-hybridized carbons (Fsp3) is 0.286. The van der Waals surface area contributed by atoms with Gasteiger partial charge in [0.05, 0.1) is 0 Å². The van der Waals surface area contributed by atoms with Crippen molar-refractivity contribution in [2.45, 2.75) is 0 Å². The lowest BCUT2D eigenvalue weighted by Crippen LogP contribution is -2.32. The number of nitrogens with zero attached hydrogens (tertiary/aromatic N) is 3. The van der Waals surface area contributed by atoms with Crippen LogP contribution >= 0.6 is 0 Å². The zero-order valence-corrected chi connectivity index (χ0v) is 5.86. The molecule has 0 spiro atoms. The Hall–Kier alpha value is -1.25. The number of fused-ring (bicyclic) bond motifs is 1. The van der Waals surface area contributed by atoms with Crippen LogP contribution in [0.3, 0.4) is 0 Å². The van der Waals surface area contributed by atoms with E-state index in [1.165, 1.54) is 0 Å². The second-order valence-corrected chi connectivity index (χ2v) is 2.38. The molecule has 2 rings (SSSR count). The molecule has 0 radical (unpaired) electrons. The lowest BCUT2D eigenvalue weighted by molar-refractivity contribution is 0.561. The van der Waals surface area contributed by atoms with Crippen LogP contribution in [-0.2, 0) is 0 Å². The van der Waals surface area contributed by atoms with Crippen LogP contribution in [0.25, 0.3) is 0 Å². The topological polar surface area (TPSA) is 18.8 Å². The third-order valence-corrected chi connectivity index (χ3v) is 1.64. The summed E-state index contributed by atoms with van der Waals surface area (Å²) in [6.07, 6.45) is 7.91. The van der Waals surface area contributed by atoms with Gasteiger partial charge in [-0.3, -0.25) is 0 Å². The Morgan fingerprint density at radius 1 is 1.50 bits per heavy atom. The first kappa shape index (κ1) is 5.53. The highest BCUT2D eigenvalue weighted by Crippen LogP contribution is 2.10. The maximum atomic E-state index is 4.20. The van der Waals surface area contributed by atoms with Crippen molar-refractivity contribution in [2.24, 2.45) is 4.99 Å². The first-order chi connectivity index (χ1) is 4.88. The summed E-state index contributed by atoms with van der Waals surface area (Å²) in [7, 11) is 1.99. The average Bonchev–Trinajstić information content (AvgIpc) is 2.34. The highest BCUT2D eigenvalue weighted by Gasteiger charge is 2.17. The van der Waals surface area contributed by atoms with Crippen LogP contribution in [0, 0.1) is 0 Å². The highest BCUT2D eigenvalue weighted by atomic mass is 15.4. The molecule has 0 saturated carbocycles. The van der Waals surface area contributed by atoms with E-state index in [4.69, 9.17) is 0 Å². The molecular formula is C7H9N3. The molecule has 0 unspecified atom stereocenters. The molecule has 0 fully saturated rings. The van der Waals surface area contributed by atoms with E-state index in [1.54, 1.807) is 0 Å². The van der Waals surface area contributed by atoms with Crippen molar-refractivity contribution in [3.8, 4) is 0 Å². The third-order valence-electron chi connectivity index (χ3n) is 1.64. The van der Waals surface area contributed by atoms with Gasteiger partial charge in [0.25, 0.3) is 0 Å². The number of rotatable bonds is 0. The van der Waals surface area contributed by atoms with Gasteiger partial charge in [-0.15, -0.1) is 0 Å². The Bertz CT molecular complexity index is 227. The molecule has 0 aromatic rings. The molecule has 52 valence electrons. The molecule has 0 atom stereocenters. The Kier molecular flexibility index (Phi) is 1.03. The molecule has 3 nitrogen and oxygen atoms in total. The Morgan fingerprint density at radius 2 is 2.40 bits per heavy atom. The summed E-state index contributed by atoms with van der Waals surface area (Å²) in [5, 5.41) is 0. The summed E-state index contributed by atoms with van der Waals surface area (Å²) < 4.78 is 0. The minimum absolute atomic E-state index is 0.944. The van der Waals surface area contributed by atoms with E-state index in [9.17, 15) is 0 Å². The molecule has 2 aliphatic rings. The van der Waals surface area contributed by atoms with E-state index in [2.05, 4.69) is 9.89 Å². The van der Waals surface area contributed by atoms with Crippen molar-refractivity contribution in [3.05, 3.63) is 24.7 Å². The second kappa shape index (κ2) is 1.87. The third kappa shape index (κ3) is 0.635. The summed E-state index contributed by atoms with van der Waals surface area (Å²) in [4.78, 5) is 8.30. The molecular weight excluding hydrogens is 126 g/mol. The zero-order chi connectivity index (χ0) is 6.97. The van der Waals surface area contributed by atoms with Crippen molar-refractivity contribution in [1.82, 2.24) is 9.80 Å². The first-order valence-corrected chi connectivity index (χ1v) is 3.28. The normalized spacial score (nSPS) is 21.5. The van der Waals surface area contributed by atoms with Gasteiger partial charge in [0.2, 0.25) is 5.96 Å². The van der Waals surface area contributed by atoms with E-state index in [0.717, 1.165) is 12.5 Å². The molecule has 3 heteroatoms. The standard InChI is InChI=1S/C7H9N3/c1-9-5-6-10-4-2-3-8-7(9)10/h2-3,5-6H,4H2,1H3. The molecule has 0 saturated heterocycles. The summed E-state index contributed by atoms with van der Waals surface area (Å²) in [5.74, 6) is 1.02. The number of hydrogen-bond acceptors (Lipinski definition) is 3. The minimum Gasteiger partial charge on any atom is -0.320 e. The smallest absolute Gasteiger partial charge is 0.209 e. The summed E-state index contributed by atoms with van der Waals surface area (Å²) >= 11 is 0. The van der Waals surface area contributed by atoms with Crippen LogP contribution in [0.2, 0.25) is 0 Å². The van der Waals surface area contributed by atoms with E-state index >= 15 is 0 Å². The molecule has 0 aromatic heterocycles. The number of guanidine groups is 1. The van der Waals surface area contributed by atoms with Gasteiger partial charge in [0, 0.05) is 32.2 Å². The van der Waals surface area contributed by atoms with Crippen LogP contribution in [0.15, 0.2) is 29.7 Å². The van der Waals surface area contributed by atoms with Crippen LogP contribution in [0.1, 0.15) is 0 Å². The Labute approximate surface area is 60.0 Å². The zero-order valence-electron chi connectivity index (χ0n) is 5.86. The van der Waals surface area contributed by atoms with Crippen molar-refractivity contribution in [3.63, 3.8) is 0 Å². The molecule has 10 heavy (non-hydrogen) atoms. The monoisotopic (exact) mass is 135 g/mol. The molecule has 0 aromatic carbocycles. The lowest BCUT2D eigenvalue weighted by Gasteiger charge is -2.20. The van der Waals surface area contributed by atoms with Gasteiger partial charge in [-0.05, 0) is 6.08 Å². The van der Waals surface area contributed by atoms with Gasteiger partial charge in [-0.1, -0.05) is 0 Å². The Balaban J connectivity index is 2.32. The molecule has 0 aliphatic carbocycles. The quantitative estimate of drug-likeness (QED) is 0.484. The predicted molar refractivity (Wildman–Crippen MR) is 40.2 cm³/mol. The van der Waals surface area contributed by atoms with E-state index in [-0.39, 0.29) is 0 Å². The molecule has 2 heterocycles. The van der Waals surface area contributed by atoms with Crippen LogP contribution in [-0.4, -0.2) is 29.4 Å². The molecule has 0 bridgehead atoms. The summed E-state index contributed by atoms with van der Waals surface area (Å²) in [6, 6.07) is 0. The fourth-order valence-corrected chi connectivity index (χ4v) is 1.10. The second-order valence-electron chi connectivity index (χ2n) is 2.38. The van der Waals surface area contributed by atoms with Crippen molar-refractivity contribution in [2.75, 3.05) is 13.6 Å². The van der Waals surface area contributed by atoms with E-state index in [1.807, 2.05) is 36.6 Å². The molecule has 0 N–H and O–H groups in total. The maximum absolute atomic E-state index is 4.20. The number of aliphatic imine (C=N–C) groups is 1. The van der Waals surface area contributed by atoms with Crippen molar-refractivity contribution in [1.29, 1.82) is 0 Å². The van der Waals surface area contributed by atoms with Gasteiger partial charge >= 0.3 is 0 Å². The number of hydrogen-bond donors (Lipinski definition) is 0. The van der Waals surface area contributed by atoms with Crippen LogP contribution < -0.4 is 0 Å². The molecule has 0 amide bonds. The van der Waals surface area contributed by atoms with Gasteiger partial charge in [0.1, 0.15) is 0 Å². The summed E-state index contributed by atoms with van der Waals surface area (Å²) in [6.45, 7) is 0.944. The van der Waals surface area contributed by atoms with Crippen LogP contribution in [0.4, 0.5) is 0 Å². The SMILES string of the molecule is CN1C=CN2CC=CN=C12. The summed E-state index contributed by atoms with van der Waals surface area (Å²) in [5.41, 5.74) is 0. The minimum atomic E-state index is 0.944. The van der Waals surface area contributed by atoms with Gasteiger partial charge in [-0.25, -0.2) is 4.99 Å². The average molecular weight is 135 g/mol. The van der Waals surface area contributed by atoms with Crippen molar-refractivity contribution < 1.29 is 0 Å². The largest absolute Gasteiger partial charge is 0.320 e. The Morgan fingerprint density at radius 3 is 3.20 bits per heavy atom. The van der Waals surface area contributed by atoms with Gasteiger partial charge in [0.15, 0.2) is 0 Å². The fourth-order valence-electron chi connectivity index (χ4n) is 1.10. The molecule has 2 aliphatic heterocycles. The van der Waals surface area contributed by atoms with Gasteiger partial charge in [-0.2, -0.15) is 0 Å². The lowest BCUT2D eigenvalue weighted by atomic mass is 10.5. The maximum Gasteiger partial charge on any atom is 0.209 e. The van der Waals surface area contributed by atoms with E-state index < -0.39 is 0 Å². The van der Waals surface area contributed by atoms with Crippen molar-refractivity contribution >= 4 is 5.96 Å². The van der Waals surface area contributed by atoms with E-state index in [0.29, 0.717) is 0 Å². The predicted octanol–water partition coefficient (Wildman–Crippen LogP) is 0.588. The first-order valence-electron chi connectivity index (χ1n) is 3.28. The van der Waals surface area contributed by atoms with Gasteiger partial charge < -0.3 is 9.80 Å². The highest BCUT2D eigenvalue weighted by molar-refractivity contribution is 5.85. The van der Waals surface area contributed by atoms with Crippen LogP contribution in [0.5, 0.6) is 0 Å².